The summed E-state index contributed by atoms with van der Waals surface area (Å²) in [5.74, 6) is -0.423. The third kappa shape index (κ3) is 4.26. The van der Waals surface area contributed by atoms with Crippen molar-refractivity contribution in [3.8, 4) is 0 Å². The minimum atomic E-state index is -1.74. The van der Waals surface area contributed by atoms with Crippen LogP contribution in [0.5, 0.6) is 0 Å². The topological polar surface area (TPSA) is 43.4 Å². The number of rotatable bonds is 6. The highest BCUT2D eigenvalue weighted by atomic mass is 32.2. The van der Waals surface area contributed by atoms with Gasteiger partial charge >= 0.3 is 5.97 Å². The molecule has 4 heteroatoms. The van der Waals surface area contributed by atoms with E-state index in [1.807, 2.05) is 67.6 Å². The first-order chi connectivity index (χ1) is 10.2. The molecular weight excluding hydrogens is 284 g/mol. The van der Waals surface area contributed by atoms with Crippen LogP contribution >= 0.6 is 0 Å². The lowest BCUT2D eigenvalue weighted by atomic mass is 10.0. The van der Waals surface area contributed by atoms with Crippen molar-refractivity contribution < 1.29 is 13.2 Å². The summed E-state index contributed by atoms with van der Waals surface area (Å²) in [6.45, 7) is 1.88. The third-order valence-electron chi connectivity index (χ3n) is 3.03. The first kappa shape index (κ1) is 15.4. The zero-order valence-corrected chi connectivity index (χ0v) is 12.7. The molecule has 0 aromatic heterocycles. The Morgan fingerprint density at radius 2 is 1.48 bits per heavy atom. The van der Waals surface area contributed by atoms with Crippen molar-refractivity contribution in [1.29, 1.82) is 0 Å². The van der Waals surface area contributed by atoms with Gasteiger partial charge < -0.3 is 4.18 Å². The Labute approximate surface area is 127 Å². The van der Waals surface area contributed by atoms with Crippen molar-refractivity contribution in [1.82, 2.24) is 0 Å². The lowest BCUT2D eigenvalue weighted by Gasteiger charge is -2.16. The van der Waals surface area contributed by atoms with E-state index in [0.717, 1.165) is 11.1 Å². The molecule has 21 heavy (non-hydrogen) atoms. The van der Waals surface area contributed by atoms with Gasteiger partial charge in [0, 0.05) is 6.42 Å². The second-order valence-corrected chi connectivity index (χ2v) is 5.83. The predicted molar refractivity (Wildman–Crippen MR) is 83.9 cm³/mol. The third-order valence-corrected chi connectivity index (χ3v) is 4.31. The summed E-state index contributed by atoms with van der Waals surface area (Å²) in [5.41, 5.74) is 1.73. The van der Waals surface area contributed by atoms with Crippen LogP contribution in [0.4, 0.5) is 0 Å². The van der Waals surface area contributed by atoms with Gasteiger partial charge in [0.2, 0.25) is 11.1 Å². The van der Waals surface area contributed by atoms with Gasteiger partial charge in [-0.1, -0.05) is 67.6 Å². The highest BCUT2D eigenvalue weighted by Gasteiger charge is 2.24. The van der Waals surface area contributed by atoms with Crippen LogP contribution in [-0.4, -0.2) is 10.2 Å². The number of hydrogen-bond donors (Lipinski definition) is 0. The highest BCUT2D eigenvalue weighted by molar-refractivity contribution is 7.81. The summed E-state index contributed by atoms with van der Waals surface area (Å²) in [5, 5.41) is -0.465. The average Bonchev–Trinajstić information content (AvgIpc) is 2.50. The molecule has 0 radical (unpaired) electrons. The SMILES string of the molecule is CCCC(=O)OS(=O)C(c1ccccc1)c1ccccc1. The molecule has 0 spiro atoms. The number of benzene rings is 2. The van der Waals surface area contributed by atoms with Gasteiger partial charge in [0.1, 0.15) is 5.25 Å². The van der Waals surface area contributed by atoms with E-state index in [4.69, 9.17) is 4.18 Å². The number of carbonyl (C=O) groups excluding carboxylic acids is 1. The summed E-state index contributed by atoms with van der Waals surface area (Å²) in [6.07, 6.45) is 0.958. The van der Waals surface area contributed by atoms with E-state index < -0.39 is 22.3 Å². The van der Waals surface area contributed by atoms with Crippen LogP contribution in [0, 0.1) is 0 Å². The summed E-state index contributed by atoms with van der Waals surface area (Å²) in [6, 6.07) is 18.9. The van der Waals surface area contributed by atoms with Crippen molar-refractivity contribution in [2.75, 3.05) is 0 Å². The Balaban J connectivity index is 2.29. The van der Waals surface area contributed by atoms with E-state index in [1.165, 1.54) is 0 Å². The molecule has 2 aromatic rings. The molecule has 0 aliphatic heterocycles. The first-order valence-corrected chi connectivity index (χ1v) is 8.07. The summed E-state index contributed by atoms with van der Waals surface area (Å²) in [7, 11) is 0. The fourth-order valence-electron chi connectivity index (χ4n) is 2.06. The maximum atomic E-state index is 12.5. The van der Waals surface area contributed by atoms with E-state index in [-0.39, 0.29) is 6.42 Å². The van der Waals surface area contributed by atoms with Crippen molar-refractivity contribution in [2.45, 2.75) is 25.0 Å². The Hall–Kier alpha value is -1.94. The Morgan fingerprint density at radius 1 is 1.00 bits per heavy atom. The van der Waals surface area contributed by atoms with Crippen molar-refractivity contribution in [3.63, 3.8) is 0 Å². The van der Waals surface area contributed by atoms with E-state index in [9.17, 15) is 9.00 Å². The van der Waals surface area contributed by atoms with E-state index >= 15 is 0 Å². The van der Waals surface area contributed by atoms with Gasteiger partial charge in [-0.3, -0.25) is 4.79 Å². The molecule has 0 bridgehead atoms. The molecule has 2 rings (SSSR count). The van der Waals surface area contributed by atoms with Gasteiger partial charge in [-0.15, -0.1) is 0 Å². The van der Waals surface area contributed by atoms with E-state index in [0.29, 0.717) is 6.42 Å². The van der Waals surface area contributed by atoms with Gasteiger partial charge in [-0.25, -0.2) is 4.21 Å². The standard InChI is InChI=1S/C17H18O3S/c1-2-9-16(18)20-21(19)17(14-10-5-3-6-11-14)15-12-7-4-8-13-15/h3-8,10-13,17H,2,9H2,1H3. The Morgan fingerprint density at radius 3 is 1.90 bits per heavy atom. The molecule has 0 heterocycles. The first-order valence-electron chi connectivity index (χ1n) is 6.94. The van der Waals surface area contributed by atoms with Crippen LogP contribution in [0.3, 0.4) is 0 Å². The van der Waals surface area contributed by atoms with Gasteiger partial charge in [-0.2, -0.15) is 0 Å². The lowest BCUT2D eigenvalue weighted by molar-refractivity contribution is -0.133. The van der Waals surface area contributed by atoms with Gasteiger partial charge in [0.15, 0.2) is 0 Å². The maximum absolute atomic E-state index is 12.5. The second-order valence-electron chi connectivity index (χ2n) is 4.67. The summed E-state index contributed by atoms with van der Waals surface area (Å²) >= 11 is -1.74. The summed E-state index contributed by atoms with van der Waals surface area (Å²) in [4.78, 5) is 11.6. The van der Waals surface area contributed by atoms with Crippen molar-refractivity contribution in [2.24, 2.45) is 0 Å². The Kier molecular flexibility index (Phi) is 5.69. The fraction of sp³-hybridized carbons (Fsp3) is 0.235. The molecule has 3 nitrogen and oxygen atoms in total. The minimum absolute atomic E-state index is 0.280. The van der Waals surface area contributed by atoms with Crippen LogP contribution in [0.15, 0.2) is 60.7 Å². The molecule has 1 unspecified atom stereocenters. The van der Waals surface area contributed by atoms with Crippen LogP contribution in [0.2, 0.25) is 0 Å². The van der Waals surface area contributed by atoms with Gasteiger partial charge in [0.25, 0.3) is 0 Å². The van der Waals surface area contributed by atoms with Crippen LogP contribution in [0.1, 0.15) is 36.1 Å². The van der Waals surface area contributed by atoms with E-state index in [1.54, 1.807) is 0 Å². The highest BCUT2D eigenvalue weighted by Crippen LogP contribution is 2.28. The number of carbonyl (C=O) groups is 1. The average molecular weight is 302 g/mol. The molecule has 0 fully saturated rings. The molecule has 0 aliphatic carbocycles. The van der Waals surface area contributed by atoms with Crippen LogP contribution in [0.25, 0.3) is 0 Å². The zero-order valence-electron chi connectivity index (χ0n) is 11.9. The summed E-state index contributed by atoms with van der Waals surface area (Å²) < 4.78 is 17.6. The van der Waals surface area contributed by atoms with Crippen LogP contribution < -0.4 is 0 Å². The van der Waals surface area contributed by atoms with Gasteiger partial charge in [-0.05, 0) is 17.5 Å². The number of hydrogen-bond acceptors (Lipinski definition) is 3. The molecular formula is C17H18O3S. The van der Waals surface area contributed by atoms with Gasteiger partial charge in [0.05, 0.1) is 0 Å². The van der Waals surface area contributed by atoms with Crippen LogP contribution in [-0.2, 0) is 20.1 Å². The van der Waals surface area contributed by atoms with Crippen molar-refractivity contribution in [3.05, 3.63) is 71.8 Å². The molecule has 2 aromatic carbocycles. The van der Waals surface area contributed by atoms with E-state index in [2.05, 4.69) is 0 Å². The monoisotopic (exact) mass is 302 g/mol. The predicted octanol–water partition coefficient (Wildman–Crippen LogP) is 3.78. The van der Waals surface area contributed by atoms with Crippen molar-refractivity contribution >= 4 is 17.0 Å². The zero-order chi connectivity index (χ0) is 15.1. The maximum Gasteiger partial charge on any atom is 0.320 e. The molecule has 0 N–H and O–H groups in total. The fourth-order valence-corrected chi connectivity index (χ4v) is 3.18. The molecule has 1 atom stereocenters. The lowest BCUT2D eigenvalue weighted by Crippen LogP contribution is -2.15. The minimum Gasteiger partial charge on any atom is -0.363 e. The normalized spacial score (nSPS) is 12.1. The molecule has 0 amide bonds. The quantitative estimate of drug-likeness (QED) is 0.815. The second kappa shape index (κ2) is 7.74. The molecule has 0 saturated heterocycles. The molecule has 110 valence electrons. The smallest absolute Gasteiger partial charge is 0.320 e. The Bertz CT molecular complexity index is 556. The largest absolute Gasteiger partial charge is 0.363 e. The molecule has 0 saturated carbocycles. The molecule has 0 aliphatic rings.